The van der Waals surface area contributed by atoms with Gasteiger partial charge in [-0.3, -0.25) is 0 Å². The molecule has 0 amide bonds. The van der Waals surface area contributed by atoms with E-state index in [9.17, 15) is 0 Å². The van der Waals surface area contributed by atoms with Gasteiger partial charge < -0.3 is 15.7 Å². The van der Waals surface area contributed by atoms with Gasteiger partial charge in [0.15, 0.2) is 5.84 Å². The van der Waals surface area contributed by atoms with Gasteiger partial charge in [-0.2, -0.15) is 0 Å². The van der Waals surface area contributed by atoms with E-state index in [1.165, 1.54) is 4.90 Å². The van der Waals surface area contributed by atoms with Crippen molar-refractivity contribution in [3.8, 4) is 5.75 Å². The number of rotatable bonds is 6. The Labute approximate surface area is 128 Å². The topological polar surface area (TPSA) is 67.8 Å². The summed E-state index contributed by atoms with van der Waals surface area (Å²) in [7, 11) is 0. The predicted octanol–water partition coefficient (Wildman–Crippen LogP) is 3.26. The summed E-state index contributed by atoms with van der Waals surface area (Å²) in [5.74, 6) is 1.70. The molecule has 2 aromatic rings. The highest BCUT2D eigenvalue weighted by Gasteiger charge is 2.05. The van der Waals surface area contributed by atoms with Crippen LogP contribution in [0.3, 0.4) is 0 Å². The minimum atomic E-state index is 0.0820. The van der Waals surface area contributed by atoms with Crippen molar-refractivity contribution in [2.24, 2.45) is 10.9 Å². The molecule has 4 nitrogen and oxygen atoms in total. The summed E-state index contributed by atoms with van der Waals surface area (Å²) < 4.78 is 5.78. The van der Waals surface area contributed by atoms with Crippen molar-refractivity contribution in [2.45, 2.75) is 11.8 Å². The lowest BCUT2D eigenvalue weighted by molar-refractivity contribution is 0.318. The molecule has 2 aromatic carbocycles. The van der Waals surface area contributed by atoms with Crippen LogP contribution in [0.5, 0.6) is 5.75 Å². The summed E-state index contributed by atoms with van der Waals surface area (Å²) in [5, 5.41) is 11.7. The van der Waals surface area contributed by atoms with Crippen LogP contribution in [0.4, 0.5) is 0 Å². The molecule has 0 bridgehead atoms. The van der Waals surface area contributed by atoms with Gasteiger partial charge in [0, 0.05) is 16.2 Å². The number of amidine groups is 1. The van der Waals surface area contributed by atoms with Crippen LogP contribution < -0.4 is 10.5 Å². The lowest BCUT2D eigenvalue weighted by atomic mass is 10.1. The SMILES string of the molecule is Cc1ccc(/C(N)=N/O)cc1OCCSc1ccccc1. The second-order valence-corrected chi connectivity index (χ2v) is 5.64. The Morgan fingerprint density at radius 3 is 2.71 bits per heavy atom. The Morgan fingerprint density at radius 1 is 1.24 bits per heavy atom. The van der Waals surface area contributed by atoms with Gasteiger partial charge in [-0.05, 0) is 30.7 Å². The van der Waals surface area contributed by atoms with Crippen LogP contribution in [0.15, 0.2) is 58.6 Å². The van der Waals surface area contributed by atoms with Crippen LogP contribution in [0.2, 0.25) is 0 Å². The zero-order valence-corrected chi connectivity index (χ0v) is 12.6. The molecule has 3 N–H and O–H groups in total. The molecule has 0 atom stereocenters. The minimum Gasteiger partial charge on any atom is -0.492 e. The Hall–Kier alpha value is -2.14. The van der Waals surface area contributed by atoms with Crippen molar-refractivity contribution >= 4 is 17.6 Å². The van der Waals surface area contributed by atoms with Crippen LogP contribution in [-0.4, -0.2) is 23.4 Å². The lowest BCUT2D eigenvalue weighted by Crippen LogP contribution is -2.13. The van der Waals surface area contributed by atoms with E-state index < -0.39 is 0 Å². The molecule has 2 rings (SSSR count). The summed E-state index contributed by atoms with van der Waals surface area (Å²) in [6.07, 6.45) is 0. The van der Waals surface area contributed by atoms with Crippen LogP contribution >= 0.6 is 11.8 Å². The van der Waals surface area contributed by atoms with Gasteiger partial charge in [0.1, 0.15) is 5.75 Å². The molecule has 0 aliphatic heterocycles. The number of nitrogens with zero attached hydrogens (tertiary/aromatic N) is 1. The van der Waals surface area contributed by atoms with Crippen molar-refractivity contribution in [3.63, 3.8) is 0 Å². The van der Waals surface area contributed by atoms with E-state index >= 15 is 0 Å². The van der Waals surface area contributed by atoms with Crippen LogP contribution in [0.1, 0.15) is 11.1 Å². The first-order chi connectivity index (χ1) is 10.2. The van der Waals surface area contributed by atoms with E-state index in [4.69, 9.17) is 15.7 Å². The molecule has 0 unspecified atom stereocenters. The maximum atomic E-state index is 8.71. The van der Waals surface area contributed by atoms with Gasteiger partial charge in [-0.25, -0.2) is 0 Å². The minimum absolute atomic E-state index is 0.0820. The smallest absolute Gasteiger partial charge is 0.170 e. The zero-order chi connectivity index (χ0) is 15.1. The summed E-state index contributed by atoms with van der Waals surface area (Å²) in [6.45, 7) is 2.57. The van der Waals surface area contributed by atoms with E-state index in [0.717, 1.165) is 17.1 Å². The lowest BCUT2D eigenvalue weighted by Gasteiger charge is -2.10. The van der Waals surface area contributed by atoms with E-state index in [-0.39, 0.29) is 5.84 Å². The molecule has 0 aliphatic carbocycles. The number of hydrogen-bond donors (Lipinski definition) is 2. The molecule has 0 fully saturated rings. The fourth-order valence-electron chi connectivity index (χ4n) is 1.80. The zero-order valence-electron chi connectivity index (χ0n) is 11.8. The molecule has 21 heavy (non-hydrogen) atoms. The molecule has 0 aromatic heterocycles. The first-order valence-corrected chi connectivity index (χ1v) is 7.58. The molecule has 0 saturated carbocycles. The van der Waals surface area contributed by atoms with Gasteiger partial charge in [0.25, 0.3) is 0 Å². The number of hydrogen-bond acceptors (Lipinski definition) is 4. The molecule has 0 aliphatic rings. The van der Waals surface area contributed by atoms with Gasteiger partial charge >= 0.3 is 0 Å². The first-order valence-electron chi connectivity index (χ1n) is 6.60. The van der Waals surface area contributed by atoms with Gasteiger partial charge in [0.05, 0.1) is 6.61 Å². The van der Waals surface area contributed by atoms with Crippen LogP contribution in [0.25, 0.3) is 0 Å². The second-order valence-electron chi connectivity index (χ2n) is 4.48. The summed E-state index contributed by atoms with van der Waals surface area (Å²) in [6, 6.07) is 15.7. The fourth-order valence-corrected chi connectivity index (χ4v) is 2.55. The third-order valence-corrected chi connectivity index (χ3v) is 3.92. The molecule has 5 heteroatoms. The van der Waals surface area contributed by atoms with Crippen LogP contribution in [-0.2, 0) is 0 Å². The summed E-state index contributed by atoms with van der Waals surface area (Å²) >= 11 is 1.75. The maximum Gasteiger partial charge on any atom is 0.170 e. The first kappa shape index (κ1) is 15.3. The van der Waals surface area contributed by atoms with Crippen molar-refractivity contribution in [2.75, 3.05) is 12.4 Å². The predicted molar refractivity (Wildman–Crippen MR) is 86.4 cm³/mol. The monoisotopic (exact) mass is 302 g/mol. The van der Waals surface area contributed by atoms with Crippen LogP contribution in [0, 0.1) is 6.92 Å². The standard InChI is InChI=1S/C16H18N2O2S/c1-12-7-8-13(16(17)18-19)11-15(12)20-9-10-21-14-5-3-2-4-6-14/h2-8,11,19H,9-10H2,1H3,(H2,17,18). The Kier molecular flexibility index (Phi) is 5.51. The van der Waals surface area contributed by atoms with Gasteiger partial charge in [0.2, 0.25) is 0 Å². The van der Waals surface area contributed by atoms with E-state index in [1.807, 2.05) is 31.2 Å². The summed E-state index contributed by atoms with van der Waals surface area (Å²) in [5.41, 5.74) is 7.25. The third-order valence-electron chi connectivity index (χ3n) is 2.94. The largest absolute Gasteiger partial charge is 0.492 e. The molecule has 0 saturated heterocycles. The quantitative estimate of drug-likeness (QED) is 0.215. The number of thioether (sulfide) groups is 1. The molecular formula is C16H18N2O2S. The highest BCUT2D eigenvalue weighted by molar-refractivity contribution is 7.99. The molecule has 0 radical (unpaired) electrons. The van der Waals surface area contributed by atoms with E-state index in [2.05, 4.69) is 17.3 Å². The highest BCUT2D eigenvalue weighted by atomic mass is 32.2. The van der Waals surface area contributed by atoms with Crippen molar-refractivity contribution in [1.82, 2.24) is 0 Å². The van der Waals surface area contributed by atoms with E-state index in [1.54, 1.807) is 23.9 Å². The summed E-state index contributed by atoms with van der Waals surface area (Å²) in [4.78, 5) is 1.23. The number of oxime groups is 1. The molecule has 110 valence electrons. The number of nitrogens with two attached hydrogens (primary N) is 1. The molecule has 0 spiro atoms. The average molecular weight is 302 g/mol. The fraction of sp³-hybridized carbons (Fsp3) is 0.188. The maximum absolute atomic E-state index is 8.71. The van der Waals surface area contributed by atoms with Crippen molar-refractivity contribution in [3.05, 3.63) is 59.7 Å². The highest BCUT2D eigenvalue weighted by Crippen LogP contribution is 2.21. The Balaban J connectivity index is 1.91. The van der Waals surface area contributed by atoms with Gasteiger partial charge in [-0.1, -0.05) is 35.5 Å². The Bertz CT molecular complexity index is 615. The average Bonchev–Trinajstić information content (AvgIpc) is 2.53. The number of benzene rings is 2. The van der Waals surface area contributed by atoms with Gasteiger partial charge in [-0.15, -0.1) is 11.8 Å². The van der Waals surface area contributed by atoms with Crippen molar-refractivity contribution in [1.29, 1.82) is 0 Å². The molecule has 0 heterocycles. The number of aryl methyl sites for hydroxylation is 1. The molecular weight excluding hydrogens is 284 g/mol. The number of ether oxygens (including phenoxy) is 1. The normalized spacial score (nSPS) is 11.4. The Morgan fingerprint density at radius 2 is 2.00 bits per heavy atom. The van der Waals surface area contributed by atoms with E-state index in [0.29, 0.717) is 12.2 Å². The van der Waals surface area contributed by atoms with Crippen molar-refractivity contribution < 1.29 is 9.94 Å². The second kappa shape index (κ2) is 7.59. The third kappa shape index (κ3) is 4.43.